The molecular weight excluding hydrogens is 467 g/mol. The van der Waals surface area contributed by atoms with Gasteiger partial charge in [0, 0.05) is 17.6 Å². The third-order valence-electron chi connectivity index (χ3n) is 5.75. The summed E-state index contributed by atoms with van der Waals surface area (Å²) in [7, 11) is 0. The SMILES string of the molecule is Cc1ccc(NC(=O)C2CSCN2C(=O)c2cnn(-c3ccc(C(F)(F)F)cn3)c2C)cc1C. The summed E-state index contributed by atoms with van der Waals surface area (Å²) < 4.78 is 39.7. The van der Waals surface area contributed by atoms with Crippen molar-refractivity contribution in [1.29, 1.82) is 0 Å². The van der Waals surface area contributed by atoms with Gasteiger partial charge in [0.2, 0.25) is 5.91 Å². The van der Waals surface area contributed by atoms with E-state index in [0.29, 0.717) is 23.0 Å². The lowest BCUT2D eigenvalue weighted by molar-refractivity contribution is -0.137. The molecular formula is C23H22F3N5O2S. The zero-order valence-electron chi connectivity index (χ0n) is 18.7. The number of thioether (sulfide) groups is 1. The van der Waals surface area contributed by atoms with Gasteiger partial charge in [-0.25, -0.2) is 9.67 Å². The molecule has 0 radical (unpaired) electrons. The topological polar surface area (TPSA) is 80.1 Å². The Bertz CT molecular complexity index is 1240. The largest absolute Gasteiger partial charge is 0.417 e. The van der Waals surface area contributed by atoms with Gasteiger partial charge in [0.1, 0.15) is 6.04 Å². The number of aryl methyl sites for hydroxylation is 2. The number of benzene rings is 1. The first-order chi connectivity index (χ1) is 16.1. The first-order valence-electron chi connectivity index (χ1n) is 10.4. The highest BCUT2D eigenvalue weighted by Crippen LogP contribution is 2.29. The van der Waals surface area contributed by atoms with Crippen LogP contribution in [0.4, 0.5) is 18.9 Å². The Morgan fingerprint density at radius 1 is 1.09 bits per heavy atom. The smallest absolute Gasteiger partial charge is 0.324 e. The molecule has 7 nitrogen and oxygen atoms in total. The molecule has 1 fully saturated rings. The fourth-order valence-electron chi connectivity index (χ4n) is 3.59. The molecule has 178 valence electrons. The number of alkyl halides is 3. The van der Waals surface area contributed by atoms with E-state index in [1.807, 2.05) is 32.0 Å². The summed E-state index contributed by atoms with van der Waals surface area (Å²) in [4.78, 5) is 31.5. The second kappa shape index (κ2) is 9.13. The molecule has 1 saturated heterocycles. The third kappa shape index (κ3) is 4.65. The van der Waals surface area contributed by atoms with E-state index in [1.165, 1.54) is 33.6 Å². The molecule has 34 heavy (non-hydrogen) atoms. The van der Waals surface area contributed by atoms with Gasteiger partial charge in [-0.05, 0) is 56.2 Å². The first-order valence-corrected chi connectivity index (χ1v) is 11.6. The minimum atomic E-state index is -4.49. The molecule has 3 aromatic rings. The number of nitrogens with one attached hydrogen (secondary N) is 1. The lowest BCUT2D eigenvalue weighted by Crippen LogP contribution is -2.44. The zero-order chi connectivity index (χ0) is 24.6. The van der Waals surface area contributed by atoms with Crippen molar-refractivity contribution in [3.63, 3.8) is 0 Å². The number of anilines is 1. The molecule has 1 atom stereocenters. The van der Waals surface area contributed by atoms with Crippen LogP contribution in [0.1, 0.15) is 32.7 Å². The lowest BCUT2D eigenvalue weighted by atomic mass is 10.1. The average Bonchev–Trinajstić information content (AvgIpc) is 3.42. The number of carbonyl (C=O) groups excluding carboxylic acids is 2. The van der Waals surface area contributed by atoms with E-state index in [0.717, 1.165) is 23.4 Å². The van der Waals surface area contributed by atoms with Gasteiger partial charge in [0.25, 0.3) is 5.91 Å². The van der Waals surface area contributed by atoms with Crippen LogP contribution in [0.25, 0.3) is 5.82 Å². The Morgan fingerprint density at radius 2 is 1.85 bits per heavy atom. The molecule has 1 unspecified atom stereocenters. The Balaban J connectivity index is 1.52. The monoisotopic (exact) mass is 489 g/mol. The minimum Gasteiger partial charge on any atom is -0.324 e. The minimum absolute atomic E-state index is 0.157. The number of carbonyl (C=O) groups is 2. The van der Waals surface area contributed by atoms with E-state index in [4.69, 9.17) is 0 Å². The number of aromatic nitrogens is 3. The van der Waals surface area contributed by atoms with Crippen molar-refractivity contribution in [2.24, 2.45) is 0 Å². The molecule has 2 aromatic heterocycles. The molecule has 2 amide bonds. The van der Waals surface area contributed by atoms with Crippen LogP contribution >= 0.6 is 11.8 Å². The van der Waals surface area contributed by atoms with Crippen LogP contribution in [-0.4, -0.2) is 49.2 Å². The van der Waals surface area contributed by atoms with Crippen LogP contribution in [0.5, 0.6) is 0 Å². The summed E-state index contributed by atoms with van der Waals surface area (Å²) in [6, 6.07) is 7.07. The molecule has 3 heterocycles. The lowest BCUT2D eigenvalue weighted by Gasteiger charge is -2.23. The van der Waals surface area contributed by atoms with Crippen LogP contribution in [0.2, 0.25) is 0 Å². The molecule has 0 spiro atoms. The molecule has 0 aliphatic carbocycles. The van der Waals surface area contributed by atoms with Gasteiger partial charge in [-0.2, -0.15) is 18.3 Å². The first kappa shape index (κ1) is 23.8. The molecule has 1 N–H and O–H groups in total. The quantitative estimate of drug-likeness (QED) is 0.589. The van der Waals surface area contributed by atoms with Crippen LogP contribution in [0, 0.1) is 20.8 Å². The summed E-state index contributed by atoms with van der Waals surface area (Å²) in [5.41, 5.74) is 2.63. The Kier molecular flexibility index (Phi) is 6.39. The van der Waals surface area contributed by atoms with Crippen molar-refractivity contribution in [2.45, 2.75) is 33.0 Å². The molecule has 0 bridgehead atoms. The third-order valence-corrected chi connectivity index (χ3v) is 6.76. The molecule has 1 aliphatic rings. The fraction of sp³-hybridized carbons (Fsp3) is 0.304. The standard InChI is InChI=1S/C23H22F3N5O2S/c1-13-4-6-17(8-14(13)2)29-21(32)19-11-34-12-30(19)22(33)18-10-28-31(15(18)3)20-7-5-16(9-27-20)23(24,25)26/h4-10,19H,11-12H2,1-3H3,(H,29,32). The van der Waals surface area contributed by atoms with E-state index >= 15 is 0 Å². The van der Waals surface area contributed by atoms with Gasteiger partial charge in [-0.3, -0.25) is 9.59 Å². The van der Waals surface area contributed by atoms with Crippen LogP contribution in [0.15, 0.2) is 42.7 Å². The Morgan fingerprint density at radius 3 is 2.50 bits per heavy atom. The van der Waals surface area contributed by atoms with Crippen molar-refractivity contribution in [1.82, 2.24) is 19.7 Å². The van der Waals surface area contributed by atoms with Crippen LogP contribution in [-0.2, 0) is 11.0 Å². The number of rotatable bonds is 4. The van der Waals surface area contributed by atoms with Gasteiger partial charge in [-0.15, -0.1) is 11.8 Å². The van der Waals surface area contributed by atoms with E-state index in [9.17, 15) is 22.8 Å². The second-order valence-corrected chi connectivity index (χ2v) is 9.04. The van der Waals surface area contributed by atoms with E-state index in [-0.39, 0.29) is 23.2 Å². The van der Waals surface area contributed by atoms with Crippen LogP contribution in [0.3, 0.4) is 0 Å². The fourth-order valence-corrected chi connectivity index (χ4v) is 4.74. The van der Waals surface area contributed by atoms with Gasteiger partial charge in [0.15, 0.2) is 5.82 Å². The van der Waals surface area contributed by atoms with E-state index in [2.05, 4.69) is 15.4 Å². The van der Waals surface area contributed by atoms with Crippen molar-refractivity contribution < 1.29 is 22.8 Å². The predicted molar refractivity (Wildman–Crippen MR) is 123 cm³/mol. The molecule has 11 heteroatoms. The normalized spacial score (nSPS) is 16.1. The van der Waals surface area contributed by atoms with Gasteiger partial charge >= 0.3 is 6.18 Å². The highest BCUT2D eigenvalue weighted by Gasteiger charge is 2.36. The van der Waals surface area contributed by atoms with E-state index in [1.54, 1.807) is 6.92 Å². The maximum Gasteiger partial charge on any atom is 0.417 e. The van der Waals surface area contributed by atoms with E-state index < -0.39 is 17.8 Å². The van der Waals surface area contributed by atoms with Gasteiger partial charge in [0.05, 0.1) is 28.9 Å². The maximum atomic E-state index is 13.3. The molecule has 1 aliphatic heterocycles. The number of amides is 2. The molecule has 1 aromatic carbocycles. The predicted octanol–water partition coefficient (Wildman–Crippen LogP) is 4.37. The van der Waals surface area contributed by atoms with Gasteiger partial charge in [-0.1, -0.05) is 6.07 Å². The summed E-state index contributed by atoms with van der Waals surface area (Å²) in [5.74, 6) is 0.296. The van der Waals surface area contributed by atoms with Crippen molar-refractivity contribution >= 4 is 29.3 Å². The highest BCUT2D eigenvalue weighted by molar-refractivity contribution is 7.99. The number of pyridine rings is 1. The second-order valence-electron chi connectivity index (χ2n) is 8.04. The number of halogens is 3. The zero-order valence-corrected chi connectivity index (χ0v) is 19.5. The number of hydrogen-bond acceptors (Lipinski definition) is 5. The van der Waals surface area contributed by atoms with Gasteiger partial charge < -0.3 is 10.2 Å². The summed E-state index contributed by atoms with van der Waals surface area (Å²) in [6.45, 7) is 5.57. The molecule has 4 rings (SSSR count). The van der Waals surface area contributed by atoms with Crippen molar-refractivity contribution in [3.05, 3.63) is 70.7 Å². The number of hydrogen-bond donors (Lipinski definition) is 1. The van der Waals surface area contributed by atoms with Crippen molar-refractivity contribution in [2.75, 3.05) is 16.9 Å². The summed E-state index contributed by atoms with van der Waals surface area (Å²) in [6.07, 6.45) is -2.42. The Hall–Kier alpha value is -3.34. The average molecular weight is 490 g/mol. The van der Waals surface area contributed by atoms with Crippen LogP contribution < -0.4 is 5.32 Å². The number of nitrogens with zero attached hydrogens (tertiary/aromatic N) is 4. The summed E-state index contributed by atoms with van der Waals surface area (Å²) >= 11 is 1.47. The Labute approximate surface area is 198 Å². The highest BCUT2D eigenvalue weighted by atomic mass is 32.2. The molecule has 0 saturated carbocycles. The summed E-state index contributed by atoms with van der Waals surface area (Å²) in [5, 5.41) is 7.03. The van der Waals surface area contributed by atoms with Crippen molar-refractivity contribution in [3.8, 4) is 5.82 Å². The maximum absolute atomic E-state index is 13.3.